The molecule has 19 heavy (non-hydrogen) atoms. The average molecular weight is 262 g/mol. The summed E-state index contributed by atoms with van der Waals surface area (Å²) >= 11 is 0. The van der Waals surface area contributed by atoms with E-state index in [2.05, 4.69) is 36.2 Å². The molecule has 2 rings (SSSR count). The van der Waals surface area contributed by atoms with Crippen molar-refractivity contribution in [1.82, 2.24) is 20.1 Å². The van der Waals surface area contributed by atoms with Crippen LogP contribution in [0.25, 0.3) is 11.3 Å². The molecule has 0 saturated heterocycles. The SMILES string of the molecule is CCc1nn(C)cc1-c1cnc(CCNC(C)C)o1. The van der Waals surface area contributed by atoms with E-state index in [1.54, 1.807) is 6.20 Å². The molecular weight excluding hydrogens is 240 g/mol. The van der Waals surface area contributed by atoms with Crippen LogP contribution in [0.1, 0.15) is 32.4 Å². The molecule has 0 amide bonds. The van der Waals surface area contributed by atoms with Gasteiger partial charge in [0.15, 0.2) is 11.7 Å². The van der Waals surface area contributed by atoms with Gasteiger partial charge in [-0.25, -0.2) is 4.98 Å². The van der Waals surface area contributed by atoms with E-state index in [9.17, 15) is 0 Å². The standard InChI is InChI=1S/C14H22N4O/c1-5-12-11(9-18(4)17-12)13-8-16-14(19-13)6-7-15-10(2)3/h8-10,15H,5-7H2,1-4H3. The van der Waals surface area contributed by atoms with Gasteiger partial charge in [-0.15, -0.1) is 0 Å². The van der Waals surface area contributed by atoms with Gasteiger partial charge in [0, 0.05) is 32.3 Å². The van der Waals surface area contributed by atoms with Gasteiger partial charge in [0.25, 0.3) is 0 Å². The Morgan fingerprint density at radius 1 is 1.42 bits per heavy atom. The lowest BCUT2D eigenvalue weighted by molar-refractivity contribution is 0.484. The van der Waals surface area contributed by atoms with Gasteiger partial charge in [-0.3, -0.25) is 4.68 Å². The van der Waals surface area contributed by atoms with E-state index in [0.717, 1.165) is 42.3 Å². The van der Waals surface area contributed by atoms with E-state index >= 15 is 0 Å². The second-order valence-corrected chi connectivity index (χ2v) is 4.99. The van der Waals surface area contributed by atoms with Crippen molar-refractivity contribution >= 4 is 0 Å². The second-order valence-electron chi connectivity index (χ2n) is 4.99. The second kappa shape index (κ2) is 6.02. The van der Waals surface area contributed by atoms with Crippen LogP contribution < -0.4 is 5.32 Å². The molecule has 5 heteroatoms. The molecule has 2 aromatic rings. The fourth-order valence-electron chi connectivity index (χ4n) is 2.02. The van der Waals surface area contributed by atoms with Crippen molar-refractivity contribution in [2.75, 3.05) is 6.54 Å². The monoisotopic (exact) mass is 262 g/mol. The molecule has 0 unspecified atom stereocenters. The zero-order valence-electron chi connectivity index (χ0n) is 12.1. The number of rotatable bonds is 6. The molecule has 2 heterocycles. The lowest BCUT2D eigenvalue weighted by Gasteiger charge is -2.05. The number of aryl methyl sites for hydroxylation is 2. The molecule has 0 fully saturated rings. The fraction of sp³-hybridized carbons (Fsp3) is 0.571. The Hall–Kier alpha value is -1.62. The minimum Gasteiger partial charge on any atom is -0.441 e. The van der Waals surface area contributed by atoms with E-state index in [0.29, 0.717) is 6.04 Å². The van der Waals surface area contributed by atoms with Gasteiger partial charge in [0.1, 0.15) is 0 Å². The third-order valence-electron chi connectivity index (χ3n) is 2.95. The highest BCUT2D eigenvalue weighted by atomic mass is 16.4. The maximum Gasteiger partial charge on any atom is 0.196 e. The predicted molar refractivity (Wildman–Crippen MR) is 74.9 cm³/mol. The molecule has 0 radical (unpaired) electrons. The quantitative estimate of drug-likeness (QED) is 0.867. The zero-order chi connectivity index (χ0) is 13.8. The van der Waals surface area contributed by atoms with Crippen LogP contribution in [0.5, 0.6) is 0 Å². The first-order valence-corrected chi connectivity index (χ1v) is 6.81. The summed E-state index contributed by atoms with van der Waals surface area (Å²) < 4.78 is 7.62. The first-order chi connectivity index (χ1) is 9.10. The lowest BCUT2D eigenvalue weighted by atomic mass is 10.2. The largest absolute Gasteiger partial charge is 0.441 e. The van der Waals surface area contributed by atoms with Gasteiger partial charge >= 0.3 is 0 Å². The molecule has 1 N–H and O–H groups in total. The lowest BCUT2D eigenvalue weighted by Crippen LogP contribution is -2.24. The van der Waals surface area contributed by atoms with Crippen LogP contribution >= 0.6 is 0 Å². The molecule has 0 atom stereocenters. The molecular formula is C14H22N4O. The minimum absolute atomic E-state index is 0.486. The molecule has 0 aliphatic carbocycles. The van der Waals surface area contributed by atoms with E-state index in [1.807, 2.05) is 17.9 Å². The van der Waals surface area contributed by atoms with Crippen LogP contribution in [0, 0.1) is 0 Å². The average Bonchev–Trinajstić information content (AvgIpc) is 2.94. The molecule has 104 valence electrons. The minimum atomic E-state index is 0.486. The number of hydrogen-bond acceptors (Lipinski definition) is 4. The normalized spacial score (nSPS) is 11.4. The van der Waals surface area contributed by atoms with Crippen molar-refractivity contribution < 1.29 is 4.42 Å². The molecule has 0 aliphatic heterocycles. The van der Waals surface area contributed by atoms with Gasteiger partial charge in [0.2, 0.25) is 0 Å². The summed E-state index contributed by atoms with van der Waals surface area (Å²) in [5.74, 6) is 1.58. The van der Waals surface area contributed by atoms with Crippen molar-refractivity contribution in [3.63, 3.8) is 0 Å². The van der Waals surface area contributed by atoms with E-state index in [1.165, 1.54) is 0 Å². The molecule has 2 aromatic heterocycles. The number of hydrogen-bond donors (Lipinski definition) is 1. The number of aromatic nitrogens is 3. The van der Waals surface area contributed by atoms with Crippen LogP contribution in [0.4, 0.5) is 0 Å². The van der Waals surface area contributed by atoms with Crippen LogP contribution in [0.15, 0.2) is 16.8 Å². The van der Waals surface area contributed by atoms with Gasteiger partial charge in [-0.2, -0.15) is 5.10 Å². The van der Waals surface area contributed by atoms with Crippen LogP contribution in [-0.4, -0.2) is 27.4 Å². The van der Waals surface area contributed by atoms with E-state index in [-0.39, 0.29) is 0 Å². The van der Waals surface area contributed by atoms with Crippen molar-refractivity contribution in [1.29, 1.82) is 0 Å². The predicted octanol–water partition coefficient (Wildman–Crippen LogP) is 2.18. The summed E-state index contributed by atoms with van der Waals surface area (Å²) in [6.07, 6.45) is 5.47. The first-order valence-electron chi connectivity index (χ1n) is 6.81. The van der Waals surface area contributed by atoms with Crippen LogP contribution in [0.3, 0.4) is 0 Å². The topological polar surface area (TPSA) is 55.9 Å². The molecule has 0 bridgehead atoms. The highest BCUT2D eigenvalue weighted by molar-refractivity contribution is 5.58. The summed E-state index contributed by atoms with van der Waals surface area (Å²) in [7, 11) is 1.92. The molecule has 5 nitrogen and oxygen atoms in total. The first kappa shape index (κ1) is 13.8. The Bertz CT molecular complexity index is 527. The Kier molecular flexibility index (Phi) is 4.37. The third kappa shape index (κ3) is 3.44. The van der Waals surface area contributed by atoms with Crippen molar-refractivity contribution in [2.45, 2.75) is 39.7 Å². The molecule has 0 spiro atoms. The smallest absolute Gasteiger partial charge is 0.196 e. The summed E-state index contributed by atoms with van der Waals surface area (Å²) in [5.41, 5.74) is 2.09. The number of nitrogens with one attached hydrogen (secondary N) is 1. The Balaban J connectivity index is 2.07. The maximum absolute atomic E-state index is 5.80. The Morgan fingerprint density at radius 3 is 2.89 bits per heavy atom. The maximum atomic E-state index is 5.80. The summed E-state index contributed by atoms with van der Waals surface area (Å²) in [6, 6.07) is 0.486. The van der Waals surface area contributed by atoms with Crippen molar-refractivity contribution in [2.24, 2.45) is 7.05 Å². The molecule has 0 saturated carbocycles. The number of nitrogens with zero attached hydrogens (tertiary/aromatic N) is 3. The van der Waals surface area contributed by atoms with Gasteiger partial charge in [0.05, 0.1) is 17.5 Å². The van der Waals surface area contributed by atoms with Crippen molar-refractivity contribution in [3.05, 3.63) is 24.0 Å². The fourth-order valence-corrected chi connectivity index (χ4v) is 2.02. The van der Waals surface area contributed by atoms with Gasteiger partial charge < -0.3 is 9.73 Å². The number of oxazole rings is 1. The highest BCUT2D eigenvalue weighted by Crippen LogP contribution is 2.24. The molecule has 0 aromatic carbocycles. The van der Waals surface area contributed by atoms with E-state index in [4.69, 9.17) is 4.42 Å². The van der Waals surface area contributed by atoms with Gasteiger partial charge in [-0.1, -0.05) is 20.8 Å². The summed E-state index contributed by atoms with van der Waals surface area (Å²) in [6.45, 7) is 7.23. The summed E-state index contributed by atoms with van der Waals surface area (Å²) in [5, 5.41) is 7.77. The summed E-state index contributed by atoms with van der Waals surface area (Å²) in [4.78, 5) is 4.33. The molecule has 0 aliphatic rings. The van der Waals surface area contributed by atoms with Gasteiger partial charge in [-0.05, 0) is 6.42 Å². The van der Waals surface area contributed by atoms with Crippen molar-refractivity contribution in [3.8, 4) is 11.3 Å². The zero-order valence-corrected chi connectivity index (χ0v) is 12.1. The van der Waals surface area contributed by atoms with Crippen LogP contribution in [-0.2, 0) is 19.9 Å². The van der Waals surface area contributed by atoms with E-state index < -0.39 is 0 Å². The Morgan fingerprint density at radius 2 is 2.21 bits per heavy atom. The third-order valence-corrected chi connectivity index (χ3v) is 2.95. The van der Waals surface area contributed by atoms with Crippen LogP contribution in [0.2, 0.25) is 0 Å². The highest BCUT2D eigenvalue weighted by Gasteiger charge is 2.13. The Labute approximate surface area is 114 Å².